The van der Waals surface area contributed by atoms with E-state index in [2.05, 4.69) is 12.1 Å². The van der Waals surface area contributed by atoms with E-state index >= 15 is 0 Å². The molecule has 3 nitrogen and oxygen atoms in total. The number of hydrogen-bond acceptors (Lipinski definition) is 2. The van der Waals surface area contributed by atoms with Gasteiger partial charge in [0.05, 0.1) is 0 Å². The molecule has 4 N–H and O–H groups in total. The first-order valence-electron chi connectivity index (χ1n) is 5.30. The Bertz CT molecular complexity index is 372. The fraction of sp³-hybridized carbons (Fsp3) is 0.417. The molecule has 15 heavy (non-hydrogen) atoms. The topological polar surface area (TPSA) is 69.1 Å². The first-order valence-corrected chi connectivity index (χ1v) is 5.30. The molecule has 0 bridgehead atoms. The van der Waals surface area contributed by atoms with Gasteiger partial charge in [-0.25, -0.2) is 0 Å². The molecule has 0 heterocycles. The molecule has 1 atom stereocenters. The Labute approximate surface area is 89.5 Å². The second-order valence-corrected chi connectivity index (χ2v) is 4.22. The average Bonchev–Trinajstić information content (AvgIpc) is 3.00. The zero-order chi connectivity index (χ0) is 10.8. The molecule has 0 aromatic heterocycles. The quantitative estimate of drug-likeness (QED) is 0.779. The minimum atomic E-state index is -0.348. The van der Waals surface area contributed by atoms with Gasteiger partial charge in [-0.15, -0.1) is 0 Å². The van der Waals surface area contributed by atoms with Crippen molar-refractivity contribution in [2.45, 2.75) is 31.2 Å². The van der Waals surface area contributed by atoms with Gasteiger partial charge in [-0.1, -0.05) is 24.3 Å². The minimum Gasteiger partial charge on any atom is -0.370 e. The lowest BCUT2D eigenvalue weighted by Crippen LogP contribution is -2.20. The summed E-state index contributed by atoms with van der Waals surface area (Å²) in [6, 6.07) is 7.92. The van der Waals surface area contributed by atoms with Crippen molar-refractivity contribution in [3.8, 4) is 0 Å². The third-order valence-corrected chi connectivity index (χ3v) is 2.81. The van der Waals surface area contributed by atoms with Crippen LogP contribution in [-0.4, -0.2) is 5.91 Å². The molecule has 80 valence electrons. The van der Waals surface area contributed by atoms with Gasteiger partial charge in [0.15, 0.2) is 0 Å². The molecule has 0 spiro atoms. The highest BCUT2D eigenvalue weighted by atomic mass is 16.1. The van der Waals surface area contributed by atoms with Gasteiger partial charge in [-0.3, -0.25) is 4.79 Å². The highest BCUT2D eigenvalue weighted by molar-refractivity contribution is 5.74. The summed E-state index contributed by atoms with van der Waals surface area (Å²) in [4.78, 5) is 10.8. The number of carbonyl (C=O) groups excluding carboxylic acids is 1. The van der Waals surface area contributed by atoms with Crippen molar-refractivity contribution >= 4 is 5.91 Å². The van der Waals surface area contributed by atoms with Gasteiger partial charge >= 0.3 is 0 Å². The lowest BCUT2D eigenvalue weighted by atomic mass is 10.00. The van der Waals surface area contributed by atoms with Gasteiger partial charge in [-0.05, 0) is 29.9 Å². The number of primary amides is 1. The molecule has 1 aromatic carbocycles. The molecule has 1 amide bonds. The summed E-state index contributed by atoms with van der Waals surface area (Å²) in [7, 11) is 0. The van der Waals surface area contributed by atoms with Crippen LogP contribution in [0, 0.1) is 0 Å². The maximum atomic E-state index is 10.8. The summed E-state index contributed by atoms with van der Waals surface area (Å²) in [5, 5.41) is 0. The summed E-state index contributed by atoms with van der Waals surface area (Å²) in [6.45, 7) is 0. The van der Waals surface area contributed by atoms with E-state index in [9.17, 15) is 4.79 Å². The molecule has 1 aliphatic carbocycles. The van der Waals surface area contributed by atoms with Crippen molar-refractivity contribution in [2.75, 3.05) is 0 Å². The van der Waals surface area contributed by atoms with E-state index in [0.29, 0.717) is 5.92 Å². The Hall–Kier alpha value is -1.35. The van der Waals surface area contributed by atoms with Gasteiger partial charge < -0.3 is 11.5 Å². The average molecular weight is 204 g/mol. The summed E-state index contributed by atoms with van der Waals surface area (Å²) in [5.41, 5.74) is 13.4. The van der Waals surface area contributed by atoms with Gasteiger partial charge in [0.1, 0.15) is 0 Å². The van der Waals surface area contributed by atoms with Crippen molar-refractivity contribution in [2.24, 2.45) is 11.5 Å². The number of hydrogen-bond donors (Lipinski definition) is 2. The van der Waals surface area contributed by atoms with E-state index in [1.54, 1.807) is 0 Å². The highest BCUT2D eigenvalue weighted by Gasteiger charge is 2.23. The first kappa shape index (κ1) is 10.2. The molecule has 1 saturated carbocycles. The molecule has 0 radical (unpaired) electrons. The molecule has 3 heteroatoms. The first-order chi connectivity index (χ1) is 7.16. The molecule has 1 fully saturated rings. The second kappa shape index (κ2) is 4.03. The van der Waals surface area contributed by atoms with Crippen LogP contribution in [0.5, 0.6) is 0 Å². The van der Waals surface area contributed by atoms with Crippen LogP contribution >= 0.6 is 0 Å². The molecule has 1 aromatic rings. The normalized spacial score (nSPS) is 17.4. The molecule has 1 aliphatic rings. The number of benzene rings is 1. The van der Waals surface area contributed by atoms with Crippen molar-refractivity contribution in [3.63, 3.8) is 0 Å². The predicted molar refractivity (Wildman–Crippen MR) is 59.2 cm³/mol. The standard InChI is InChI=1S/C12H16N2O/c13-11(7-12(14)15)10-3-1-2-9(6-10)8-4-5-8/h1-3,6,8,11H,4-5,7,13H2,(H2,14,15). The minimum absolute atomic E-state index is 0.216. The fourth-order valence-corrected chi connectivity index (χ4v) is 1.79. The van der Waals surface area contributed by atoms with Crippen molar-refractivity contribution < 1.29 is 4.79 Å². The summed E-state index contributed by atoms with van der Waals surface area (Å²) >= 11 is 0. The van der Waals surface area contributed by atoms with E-state index < -0.39 is 0 Å². The SMILES string of the molecule is NC(=O)CC(N)c1cccc(C2CC2)c1. The van der Waals surface area contributed by atoms with Crippen LogP contribution in [0.25, 0.3) is 0 Å². The molecule has 1 unspecified atom stereocenters. The maximum Gasteiger partial charge on any atom is 0.219 e. The van der Waals surface area contributed by atoms with Crippen LogP contribution in [-0.2, 0) is 4.79 Å². The Morgan fingerprint density at radius 1 is 1.47 bits per heavy atom. The monoisotopic (exact) mass is 204 g/mol. The molecule has 2 rings (SSSR count). The van der Waals surface area contributed by atoms with Crippen LogP contribution in [0.3, 0.4) is 0 Å². The molecule has 0 saturated heterocycles. The van der Waals surface area contributed by atoms with Crippen LogP contribution < -0.4 is 11.5 Å². The largest absolute Gasteiger partial charge is 0.370 e. The van der Waals surface area contributed by atoms with Gasteiger partial charge in [0.2, 0.25) is 5.91 Å². The second-order valence-electron chi connectivity index (χ2n) is 4.22. The number of nitrogens with two attached hydrogens (primary N) is 2. The zero-order valence-electron chi connectivity index (χ0n) is 8.65. The van der Waals surface area contributed by atoms with Crippen LogP contribution in [0.4, 0.5) is 0 Å². The van der Waals surface area contributed by atoms with Crippen LogP contribution in [0.15, 0.2) is 24.3 Å². The summed E-state index contributed by atoms with van der Waals surface area (Å²) in [6.07, 6.45) is 2.76. The van der Waals surface area contributed by atoms with Crippen molar-refractivity contribution in [3.05, 3.63) is 35.4 Å². The molecule has 0 aliphatic heterocycles. The van der Waals surface area contributed by atoms with Crippen LogP contribution in [0.2, 0.25) is 0 Å². The smallest absolute Gasteiger partial charge is 0.219 e. The fourth-order valence-electron chi connectivity index (χ4n) is 1.79. The molecular weight excluding hydrogens is 188 g/mol. The third-order valence-electron chi connectivity index (χ3n) is 2.81. The summed E-state index contributed by atoms with van der Waals surface area (Å²) in [5.74, 6) is 0.366. The van der Waals surface area contributed by atoms with Crippen molar-refractivity contribution in [1.29, 1.82) is 0 Å². The van der Waals surface area contributed by atoms with E-state index in [0.717, 1.165) is 5.56 Å². The number of carbonyl (C=O) groups is 1. The lowest BCUT2D eigenvalue weighted by molar-refractivity contribution is -0.118. The van der Waals surface area contributed by atoms with E-state index in [1.807, 2.05) is 12.1 Å². The van der Waals surface area contributed by atoms with Crippen LogP contribution in [0.1, 0.15) is 42.3 Å². The number of rotatable bonds is 4. The van der Waals surface area contributed by atoms with Gasteiger partial charge in [0.25, 0.3) is 0 Å². The summed E-state index contributed by atoms with van der Waals surface area (Å²) < 4.78 is 0. The van der Waals surface area contributed by atoms with E-state index in [1.165, 1.54) is 18.4 Å². The Kier molecular flexibility index (Phi) is 2.73. The maximum absolute atomic E-state index is 10.8. The van der Waals surface area contributed by atoms with E-state index in [4.69, 9.17) is 11.5 Å². The Morgan fingerprint density at radius 2 is 2.20 bits per heavy atom. The Morgan fingerprint density at radius 3 is 2.80 bits per heavy atom. The van der Waals surface area contributed by atoms with Crippen molar-refractivity contribution in [1.82, 2.24) is 0 Å². The molecular formula is C12H16N2O. The number of amides is 1. The van der Waals surface area contributed by atoms with Gasteiger partial charge in [0, 0.05) is 12.5 Å². The third kappa shape index (κ3) is 2.57. The lowest BCUT2D eigenvalue weighted by Gasteiger charge is -2.11. The van der Waals surface area contributed by atoms with E-state index in [-0.39, 0.29) is 18.4 Å². The zero-order valence-corrected chi connectivity index (χ0v) is 8.65. The Balaban J connectivity index is 2.12. The van der Waals surface area contributed by atoms with Gasteiger partial charge in [-0.2, -0.15) is 0 Å². The predicted octanol–water partition coefficient (Wildman–Crippen LogP) is 1.44. The highest BCUT2D eigenvalue weighted by Crippen LogP contribution is 2.40.